The highest BCUT2D eigenvalue weighted by Crippen LogP contribution is 2.39. The van der Waals surface area contributed by atoms with E-state index in [1.807, 2.05) is 0 Å². The Hall–Kier alpha value is -0.240. The van der Waals surface area contributed by atoms with Crippen LogP contribution in [0.15, 0.2) is 0 Å². The molecule has 2 fully saturated rings. The molecule has 0 aromatic heterocycles. The first-order valence-electron chi connectivity index (χ1n) is 7.51. The fourth-order valence-corrected chi connectivity index (χ4v) is 5.01. The summed E-state index contributed by atoms with van der Waals surface area (Å²) in [5, 5.41) is 14.3. The highest BCUT2D eigenvalue weighted by molar-refractivity contribution is 8.00. The lowest BCUT2D eigenvalue weighted by Crippen LogP contribution is -2.51. The number of rotatable bonds is 4. The quantitative estimate of drug-likeness (QED) is 0.860. The molecule has 1 heterocycles. The molecule has 1 saturated heterocycles. The predicted molar refractivity (Wildman–Crippen MR) is 80.3 cm³/mol. The van der Waals surface area contributed by atoms with Gasteiger partial charge in [-0.2, -0.15) is 17.0 Å². The van der Waals surface area contributed by atoms with E-state index in [-0.39, 0.29) is 5.54 Å². The number of nitriles is 1. The zero-order valence-electron chi connectivity index (χ0n) is 12.3. The van der Waals surface area contributed by atoms with Crippen molar-refractivity contribution in [1.82, 2.24) is 5.32 Å². The number of ether oxygens (including phenoxy) is 1. The van der Waals surface area contributed by atoms with Crippen molar-refractivity contribution < 1.29 is 4.74 Å². The van der Waals surface area contributed by atoms with Gasteiger partial charge in [-0.3, -0.25) is 5.32 Å². The minimum Gasteiger partial charge on any atom is -0.377 e. The van der Waals surface area contributed by atoms with Crippen LogP contribution < -0.4 is 5.32 Å². The normalized spacial score (nSPS) is 39.4. The van der Waals surface area contributed by atoms with Crippen LogP contribution in [0.3, 0.4) is 0 Å². The zero-order chi connectivity index (χ0) is 13.9. The average molecular weight is 282 g/mol. The molecular formula is C15H26N2OS. The maximum Gasteiger partial charge on any atom is 0.108 e. The van der Waals surface area contributed by atoms with Crippen LogP contribution in [-0.4, -0.2) is 34.8 Å². The van der Waals surface area contributed by atoms with Crippen LogP contribution in [0.2, 0.25) is 0 Å². The summed E-state index contributed by atoms with van der Waals surface area (Å²) in [6.07, 6.45) is 5.93. The molecule has 0 spiro atoms. The van der Waals surface area contributed by atoms with Crippen molar-refractivity contribution in [2.24, 2.45) is 0 Å². The number of hydrogen-bond acceptors (Lipinski definition) is 4. The highest BCUT2D eigenvalue weighted by atomic mass is 32.2. The van der Waals surface area contributed by atoms with Gasteiger partial charge in [-0.15, -0.1) is 0 Å². The minimum atomic E-state index is -0.299. The van der Waals surface area contributed by atoms with E-state index in [4.69, 9.17) is 4.74 Å². The Bertz CT molecular complexity index is 342. The summed E-state index contributed by atoms with van der Waals surface area (Å²) in [6, 6.07) is 2.93. The van der Waals surface area contributed by atoms with Crippen LogP contribution in [-0.2, 0) is 4.74 Å². The first-order chi connectivity index (χ1) is 9.04. The van der Waals surface area contributed by atoms with E-state index in [9.17, 15) is 5.26 Å². The number of thioether (sulfide) groups is 1. The number of nitrogens with zero attached hydrogens (tertiary/aromatic N) is 1. The molecule has 0 aromatic rings. The SMILES string of the molecule is CC(C)NC1(C#N)CCCC(SC2CCOC2C)C1. The second-order valence-corrected chi connectivity index (χ2v) is 7.79. The first-order valence-corrected chi connectivity index (χ1v) is 8.45. The molecule has 1 N–H and O–H groups in total. The summed E-state index contributed by atoms with van der Waals surface area (Å²) in [4.78, 5) is 0. The lowest BCUT2D eigenvalue weighted by Gasteiger charge is -2.38. The lowest BCUT2D eigenvalue weighted by molar-refractivity contribution is 0.127. The predicted octanol–water partition coefficient (Wildman–Crippen LogP) is 3.10. The Labute approximate surface area is 121 Å². The van der Waals surface area contributed by atoms with Crippen LogP contribution in [0.4, 0.5) is 0 Å². The van der Waals surface area contributed by atoms with Gasteiger partial charge in [-0.1, -0.05) is 0 Å². The Kier molecular flexibility index (Phi) is 5.16. The van der Waals surface area contributed by atoms with Crippen molar-refractivity contribution >= 4 is 11.8 Å². The summed E-state index contributed by atoms with van der Waals surface area (Å²) in [5.74, 6) is 0. The Morgan fingerprint density at radius 2 is 2.21 bits per heavy atom. The number of nitrogens with one attached hydrogen (secondary N) is 1. The standard InChI is InChI=1S/C15H26N2OS/c1-11(2)17-15(10-16)7-4-5-13(9-15)19-14-6-8-18-12(14)3/h11-14,17H,4-9H2,1-3H3. The summed E-state index contributed by atoms with van der Waals surface area (Å²) in [6.45, 7) is 7.34. The average Bonchev–Trinajstić information content (AvgIpc) is 2.75. The van der Waals surface area contributed by atoms with E-state index in [2.05, 4.69) is 43.9 Å². The van der Waals surface area contributed by atoms with Crippen molar-refractivity contribution in [2.75, 3.05) is 6.61 Å². The van der Waals surface area contributed by atoms with Crippen molar-refractivity contribution in [3.8, 4) is 6.07 Å². The molecule has 2 rings (SSSR count). The maximum absolute atomic E-state index is 9.57. The molecule has 108 valence electrons. The van der Waals surface area contributed by atoms with Gasteiger partial charge in [0.25, 0.3) is 0 Å². The molecular weight excluding hydrogens is 256 g/mol. The van der Waals surface area contributed by atoms with Gasteiger partial charge in [0.1, 0.15) is 5.54 Å². The molecule has 19 heavy (non-hydrogen) atoms. The van der Waals surface area contributed by atoms with Crippen molar-refractivity contribution in [3.05, 3.63) is 0 Å². The summed E-state index contributed by atoms with van der Waals surface area (Å²) >= 11 is 2.06. The van der Waals surface area contributed by atoms with Crippen LogP contribution in [0.5, 0.6) is 0 Å². The second-order valence-electron chi connectivity index (χ2n) is 6.25. The first kappa shape index (κ1) is 15.2. The Balaban J connectivity index is 1.94. The molecule has 4 unspecified atom stereocenters. The van der Waals surface area contributed by atoms with Crippen molar-refractivity contribution in [3.63, 3.8) is 0 Å². The van der Waals surface area contributed by atoms with Gasteiger partial charge in [0, 0.05) is 23.1 Å². The molecule has 1 aliphatic heterocycles. The Morgan fingerprint density at radius 3 is 2.79 bits per heavy atom. The third-order valence-electron chi connectivity index (χ3n) is 4.16. The zero-order valence-corrected chi connectivity index (χ0v) is 13.1. The van der Waals surface area contributed by atoms with Crippen LogP contribution in [0.1, 0.15) is 52.9 Å². The van der Waals surface area contributed by atoms with Gasteiger partial charge >= 0.3 is 0 Å². The summed E-state index contributed by atoms with van der Waals surface area (Å²) in [5.41, 5.74) is -0.299. The van der Waals surface area contributed by atoms with Gasteiger partial charge in [0.2, 0.25) is 0 Å². The fraction of sp³-hybridized carbons (Fsp3) is 0.933. The highest BCUT2D eigenvalue weighted by Gasteiger charge is 2.39. The molecule has 0 radical (unpaired) electrons. The third-order valence-corrected chi connectivity index (χ3v) is 5.91. The van der Waals surface area contributed by atoms with E-state index >= 15 is 0 Å². The lowest BCUT2D eigenvalue weighted by atomic mass is 9.82. The van der Waals surface area contributed by atoms with Crippen LogP contribution in [0.25, 0.3) is 0 Å². The monoisotopic (exact) mass is 282 g/mol. The summed E-state index contributed by atoms with van der Waals surface area (Å²) < 4.78 is 5.65. The molecule has 4 atom stereocenters. The second kappa shape index (κ2) is 6.47. The largest absolute Gasteiger partial charge is 0.377 e. The molecule has 1 aliphatic carbocycles. The van der Waals surface area contributed by atoms with E-state index < -0.39 is 0 Å². The van der Waals surface area contributed by atoms with E-state index in [0.29, 0.717) is 22.6 Å². The fourth-order valence-electron chi connectivity index (χ4n) is 3.30. The Morgan fingerprint density at radius 1 is 1.42 bits per heavy atom. The van der Waals surface area contributed by atoms with E-state index in [1.165, 1.54) is 12.8 Å². The van der Waals surface area contributed by atoms with Crippen molar-refractivity contribution in [1.29, 1.82) is 5.26 Å². The molecule has 0 amide bonds. The minimum absolute atomic E-state index is 0.299. The maximum atomic E-state index is 9.57. The van der Waals surface area contributed by atoms with Gasteiger partial charge in [0.05, 0.1) is 12.2 Å². The van der Waals surface area contributed by atoms with Gasteiger partial charge < -0.3 is 4.74 Å². The molecule has 1 saturated carbocycles. The van der Waals surface area contributed by atoms with Gasteiger partial charge in [-0.25, -0.2) is 0 Å². The third kappa shape index (κ3) is 3.87. The molecule has 3 nitrogen and oxygen atoms in total. The van der Waals surface area contributed by atoms with E-state index in [1.54, 1.807) is 0 Å². The van der Waals surface area contributed by atoms with Crippen molar-refractivity contribution in [2.45, 2.75) is 81.1 Å². The molecule has 2 aliphatic rings. The molecule has 0 aromatic carbocycles. The summed E-state index contributed by atoms with van der Waals surface area (Å²) in [7, 11) is 0. The van der Waals surface area contributed by atoms with Crippen LogP contribution >= 0.6 is 11.8 Å². The smallest absolute Gasteiger partial charge is 0.108 e. The molecule has 4 heteroatoms. The topological polar surface area (TPSA) is 45.0 Å². The van der Waals surface area contributed by atoms with Gasteiger partial charge in [-0.05, 0) is 52.9 Å². The number of hydrogen-bond donors (Lipinski definition) is 1. The van der Waals surface area contributed by atoms with Crippen LogP contribution in [0, 0.1) is 11.3 Å². The molecule has 0 bridgehead atoms. The van der Waals surface area contributed by atoms with Gasteiger partial charge in [0.15, 0.2) is 0 Å². The van der Waals surface area contributed by atoms with E-state index in [0.717, 1.165) is 25.9 Å².